The van der Waals surface area contributed by atoms with Crippen molar-refractivity contribution in [2.45, 2.75) is 6.92 Å². The molecule has 0 fully saturated rings. The summed E-state index contributed by atoms with van der Waals surface area (Å²) in [4.78, 5) is 0. The maximum atomic E-state index is 2.31. The minimum atomic E-state index is 1.27. The molecule has 0 N–H and O–H groups in total. The average molecular weight is 294 g/mol. The topological polar surface area (TPSA) is 0 Å². The molecule has 0 aliphatic carbocycles. The first-order valence-electron chi connectivity index (χ1n) is 7.98. The second-order valence-corrected chi connectivity index (χ2v) is 5.88. The fourth-order valence-corrected chi connectivity index (χ4v) is 3.35. The molecule has 0 radical (unpaired) electrons. The predicted molar refractivity (Wildman–Crippen MR) is 99.6 cm³/mol. The van der Waals surface area contributed by atoms with Crippen molar-refractivity contribution in [1.29, 1.82) is 0 Å². The number of benzene rings is 4. The summed E-state index contributed by atoms with van der Waals surface area (Å²) in [5.74, 6) is 0. The molecule has 23 heavy (non-hydrogen) atoms. The van der Waals surface area contributed by atoms with E-state index in [2.05, 4.69) is 97.9 Å². The van der Waals surface area contributed by atoms with Crippen molar-refractivity contribution in [1.82, 2.24) is 0 Å². The molecule has 0 heterocycles. The van der Waals surface area contributed by atoms with Crippen molar-refractivity contribution in [3.8, 4) is 22.3 Å². The Bertz CT molecular complexity index is 951. The third-order valence-corrected chi connectivity index (χ3v) is 4.46. The highest BCUT2D eigenvalue weighted by Crippen LogP contribution is 2.38. The van der Waals surface area contributed by atoms with Gasteiger partial charge in [-0.05, 0) is 51.6 Å². The van der Waals surface area contributed by atoms with Crippen LogP contribution in [0.2, 0.25) is 0 Å². The summed E-state index contributed by atoms with van der Waals surface area (Å²) in [6.45, 7) is 2.23. The molecular formula is C23H18. The Morgan fingerprint density at radius 1 is 0.565 bits per heavy atom. The van der Waals surface area contributed by atoms with Crippen LogP contribution in [0.4, 0.5) is 0 Å². The molecule has 0 amide bonds. The van der Waals surface area contributed by atoms with Gasteiger partial charge in [-0.25, -0.2) is 0 Å². The number of fused-ring (bicyclic) bond motifs is 1. The van der Waals surface area contributed by atoms with Gasteiger partial charge in [0.2, 0.25) is 0 Å². The lowest BCUT2D eigenvalue weighted by Gasteiger charge is -2.16. The Hall–Kier alpha value is -2.86. The molecular weight excluding hydrogens is 276 g/mol. The summed E-state index contributed by atoms with van der Waals surface area (Å²) < 4.78 is 0. The van der Waals surface area contributed by atoms with Gasteiger partial charge in [-0.1, -0.05) is 84.9 Å². The maximum Gasteiger partial charge on any atom is -0.00699 e. The van der Waals surface area contributed by atoms with Crippen LogP contribution in [0, 0.1) is 6.92 Å². The van der Waals surface area contributed by atoms with Crippen molar-refractivity contribution in [3.05, 3.63) is 96.6 Å². The highest BCUT2D eigenvalue weighted by molar-refractivity contribution is 6.02. The number of hydrogen-bond acceptors (Lipinski definition) is 0. The Morgan fingerprint density at radius 3 is 1.83 bits per heavy atom. The van der Waals surface area contributed by atoms with Crippen molar-refractivity contribution in [3.63, 3.8) is 0 Å². The van der Waals surface area contributed by atoms with E-state index in [9.17, 15) is 0 Å². The fraction of sp³-hybridized carbons (Fsp3) is 0.0435. The quantitative estimate of drug-likeness (QED) is 0.397. The lowest BCUT2D eigenvalue weighted by Crippen LogP contribution is -1.91. The highest BCUT2D eigenvalue weighted by atomic mass is 14.2. The second-order valence-electron chi connectivity index (χ2n) is 5.88. The van der Waals surface area contributed by atoms with E-state index >= 15 is 0 Å². The van der Waals surface area contributed by atoms with Gasteiger partial charge in [0.1, 0.15) is 0 Å². The first kappa shape index (κ1) is 13.8. The fourth-order valence-electron chi connectivity index (χ4n) is 3.35. The highest BCUT2D eigenvalue weighted by Gasteiger charge is 2.12. The van der Waals surface area contributed by atoms with Crippen molar-refractivity contribution in [2.24, 2.45) is 0 Å². The molecule has 0 unspecified atom stereocenters. The zero-order valence-corrected chi connectivity index (χ0v) is 13.2. The first-order chi connectivity index (χ1) is 11.3. The summed E-state index contributed by atoms with van der Waals surface area (Å²) in [6, 6.07) is 32.3. The minimum absolute atomic E-state index is 1.27. The molecule has 0 aromatic heterocycles. The molecule has 0 nitrogen and oxygen atoms in total. The molecule has 0 spiro atoms. The van der Waals surface area contributed by atoms with E-state index in [0.29, 0.717) is 0 Å². The van der Waals surface area contributed by atoms with Crippen molar-refractivity contribution >= 4 is 10.8 Å². The third-order valence-electron chi connectivity index (χ3n) is 4.46. The van der Waals surface area contributed by atoms with Crippen LogP contribution in [0.5, 0.6) is 0 Å². The molecule has 4 aromatic rings. The zero-order valence-electron chi connectivity index (χ0n) is 13.2. The average Bonchev–Trinajstić information content (AvgIpc) is 2.63. The Morgan fingerprint density at radius 2 is 1.13 bits per heavy atom. The van der Waals surface area contributed by atoms with Gasteiger partial charge < -0.3 is 0 Å². The van der Waals surface area contributed by atoms with Crippen LogP contribution in [0.15, 0.2) is 91.0 Å². The van der Waals surface area contributed by atoms with E-state index < -0.39 is 0 Å². The smallest absolute Gasteiger partial charge is 0.00699 e. The molecule has 4 aromatic carbocycles. The van der Waals surface area contributed by atoms with E-state index in [1.807, 2.05) is 0 Å². The van der Waals surface area contributed by atoms with Gasteiger partial charge in [0.15, 0.2) is 0 Å². The van der Waals surface area contributed by atoms with E-state index in [4.69, 9.17) is 0 Å². The SMILES string of the molecule is Cc1c(-c2ccccc2)cc2ccccc2c1-c1ccccc1. The van der Waals surface area contributed by atoms with Crippen molar-refractivity contribution in [2.75, 3.05) is 0 Å². The molecule has 0 bridgehead atoms. The molecule has 0 saturated heterocycles. The number of hydrogen-bond donors (Lipinski definition) is 0. The summed E-state index contributed by atoms with van der Waals surface area (Å²) in [6.07, 6.45) is 0. The summed E-state index contributed by atoms with van der Waals surface area (Å²) in [7, 11) is 0. The Kier molecular flexibility index (Phi) is 3.44. The Balaban J connectivity index is 2.10. The van der Waals surface area contributed by atoms with E-state index in [1.165, 1.54) is 38.6 Å². The van der Waals surface area contributed by atoms with Gasteiger partial charge in [-0.3, -0.25) is 0 Å². The van der Waals surface area contributed by atoms with Crippen LogP contribution in [0.1, 0.15) is 5.56 Å². The molecule has 110 valence electrons. The Labute approximate surface area is 137 Å². The summed E-state index contributed by atoms with van der Waals surface area (Å²) in [5.41, 5.74) is 6.53. The number of rotatable bonds is 2. The van der Waals surface area contributed by atoms with E-state index in [-0.39, 0.29) is 0 Å². The van der Waals surface area contributed by atoms with Crippen LogP contribution in [-0.2, 0) is 0 Å². The minimum Gasteiger partial charge on any atom is -0.0622 e. The van der Waals surface area contributed by atoms with Gasteiger partial charge in [0, 0.05) is 0 Å². The van der Waals surface area contributed by atoms with Crippen LogP contribution in [-0.4, -0.2) is 0 Å². The van der Waals surface area contributed by atoms with Gasteiger partial charge in [-0.15, -0.1) is 0 Å². The lowest BCUT2D eigenvalue weighted by molar-refractivity contribution is 1.47. The van der Waals surface area contributed by atoms with Crippen LogP contribution in [0.3, 0.4) is 0 Å². The molecule has 0 heteroatoms. The van der Waals surface area contributed by atoms with Crippen LogP contribution < -0.4 is 0 Å². The van der Waals surface area contributed by atoms with Gasteiger partial charge in [-0.2, -0.15) is 0 Å². The molecule has 4 rings (SSSR count). The third kappa shape index (κ3) is 2.43. The standard InChI is InChI=1S/C23H18/c1-17-22(18-10-4-2-5-11-18)16-20-14-8-9-15-21(20)23(17)19-12-6-3-7-13-19/h2-16H,1H3. The lowest BCUT2D eigenvalue weighted by atomic mass is 9.88. The normalized spacial score (nSPS) is 10.8. The molecule has 0 aliphatic heterocycles. The van der Waals surface area contributed by atoms with E-state index in [1.54, 1.807) is 0 Å². The maximum absolute atomic E-state index is 2.31. The largest absolute Gasteiger partial charge is 0.0622 e. The monoisotopic (exact) mass is 294 g/mol. The zero-order chi connectivity index (χ0) is 15.6. The predicted octanol–water partition coefficient (Wildman–Crippen LogP) is 6.48. The van der Waals surface area contributed by atoms with E-state index in [0.717, 1.165) is 0 Å². The molecule has 0 atom stereocenters. The summed E-state index contributed by atoms with van der Waals surface area (Å²) in [5, 5.41) is 2.60. The van der Waals surface area contributed by atoms with Gasteiger partial charge in [0.05, 0.1) is 0 Å². The van der Waals surface area contributed by atoms with Crippen LogP contribution >= 0.6 is 0 Å². The first-order valence-corrected chi connectivity index (χ1v) is 7.98. The van der Waals surface area contributed by atoms with Gasteiger partial charge >= 0.3 is 0 Å². The second kappa shape index (κ2) is 5.73. The molecule has 0 aliphatic rings. The summed E-state index contributed by atoms with van der Waals surface area (Å²) >= 11 is 0. The van der Waals surface area contributed by atoms with Crippen molar-refractivity contribution < 1.29 is 0 Å². The molecule has 0 saturated carbocycles. The van der Waals surface area contributed by atoms with Crippen LogP contribution in [0.25, 0.3) is 33.0 Å². The van der Waals surface area contributed by atoms with Gasteiger partial charge in [0.25, 0.3) is 0 Å².